The molecule has 2 aromatic heterocycles. The van der Waals surface area contributed by atoms with E-state index in [9.17, 15) is 9.18 Å². The molecule has 0 aliphatic heterocycles. The molecule has 2 N–H and O–H groups in total. The number of nitrogens with one attached hydrogen (secondary N) is 2. The van der Waals surface area contributed by atoms with Crippen LogP contribution in [0.5, 0.6) is 0 Å². The van der Waals surface area contributed by atoms with E-state index in [0.29, 0.717) is 16.7 Å². The number of carbonyl (C=O) groups is 1. The van der Waals surface area contributed by atoms with Gasteiger partial charge in [-0.15, -0.1) is 16.4 Å². The molecule has 0 aliphatic rings. The Hall–Kier alpha value is -2.19. The van der Waals surface area contributed by atoms with Crippen LogP contribution < -0.4 is 5.32 Å². The minimum absolute atomic E-state index is 0.191. The zero-order chi connectivity index (χ0) is 16.2. The Morgan fingerprint density at radius 3 is 2.83 bits per heavy atom. The van der Waals surface area contributed by atoms with E-state index in [0.717, 1.165) is 4.88 Å². The van der Waals surface area contributed by atoms with Gasteiger partial charge >= 0.3 is 0 Å². The maximum Gasteiger partial charge on any atom is 0.237 e. The van der Waals surface area contributed by atoms with Gasteiger partial charge in [0.2, 0.25) is 11.1 Å². The minimum Gasteiger partial charge on any atom is -0.325 e. The number of nitrogens with zero attached hydrogens (tertiary/aromatic N) is 2. The standard InChI is InChI=1S/C15H13FN4OS2/c1-9(14(21)17-11-6-4-10(16)5-7-11)23-15-18-13(19-20-15)12-3-2-8-22-12/h2-9H,1H3,(H,17,21)(H,18,19,20)/t9-/m1/s1. The molecule has 0 saturated carbocycles. The third-order valence-corrected chi connectivity index (χ3v) is 4.82. The van der Waals surface area contributed by atoms with Gasteiger partial charge in [-0.05, 0) is 42.6 Å². The van der Waals surface area contributed by atoms with E-state index in [1.54, 1.807) is 18.3 Å². The molecule has 0 radical (unpaired) electrons. The summed E-state index contributed by atoms with van der Waals surface area (Å²) >= 11 is 2.82. The van der Waals surface area contributed by atoms with Crippen molar-refractivity contribution in [1.29, 1.82) is 0 Å². The normalized spacial score (nSPS) is 12.1. The smallest absolute Gasteiger partial charge is 0.237 e. The second-order valence-electron chi connectivity index (χ2n) is 4.70. The summed E-state index contributed by atoms with van der Waals surface area (Å²) in [4.78, 5) is 17.5. The average Bonchev–Trinajstić information content (AvgIpc) is 3.20. The van der Waals surface area contributed by atoms with Crippen LogP contribution in [0.25, 0.3) is 10.7 Å². The lowest BCUT2D eigenvalue weighted by molar-refractivity contribution is -0.115. The van der Waals surface area contributed by atoms with Crippen molar-refractivity contribution in [3.8, 4) is 10.7 Å². The van der Waals surface area contributed by atoms with Crippen molar-refractivity contribution < 1.29 is 9.18 Å². The zero-order valence-electron chi connectivity index (χ0n) is 12.1. The van der Waals surface area contributed by atoms with E-state index < -0.39 is 0 Å². The second kappa shape index (κ2) is 6.93. The molecular weight excluding hydrogens is 335 g/mol. The molecule has 1 aromatic carbocycles. The van der Waals surface area contributed by atoms with Crippen LogP contribution in [0.3, 0.4) is 0 Å². The molecule has 2 heterocycles. The molecular formula is C15H13FN4OS2. The van der Waals surface area contributed by atoms with Crippen molar-refractivity contribution in [3.63, 3.8) is 0 Å². The van der Waals surface area contributed by atoms with Gasteiger partial charge in [0, 0.05) is 5.69 Å². The average molecular weight is 348 g/mol. The van der Waals surface area contributed by atoms with Crippen LogP contribution in [0.15, 0.2) is 46.9 Å². The molecule has 0 spiro atoms. The van der Waals surface area contributed by atoms with Crippen LogP contribution in [0.4, 0.5) is 10.1 Å². The number of carbonyl (C=O) groups excluding carboxylic acids is 1. The van der Waals surface area contributed by atoms with Crippen molar-refractivity contribution in [3.05, 3.63) is 47.6 Å². The Kier molecular flexibility index (Phi) is 4.73. The van der Waals surface area contributed by atoms with Gasteiger partial charge in [0.15, 0.2) is 5.82 Å². The van der Waals surface area contributed by atoms with Crippen molar-refractivity contribution >= 4 is 34.7 Å². The zero-order valence-corrected chi connectivity index (χ0v) is 13.7. The van der Waals surface area contributed by atoms with E-state index in [1.807, 2.05) is 17.5 Å². The van der Waals surface area contributed by atoms with Crippen molar-refractivity contribution in [2.24, 2.45) is 0 Å². The molecule has 3 rings (SSSR count). The molecule has 0 unspecified atom stereocenters. The van der Waals surface area contributed by atoms with E-state index in [-0.39, 0.29) is 17.0 Å². The highest BCUT2D eigenvalue weighted by Gasteiger charge is 2.17. The maximum atomic E-state index is 12.9. The number of aromatic amines is 1. The number of benzene rings is 1. The summed E-state index contributed by atoms with van der Waals surface area (Å²) < 4.78 is 12.9. The summed E-state index contributed by atoms with van der Waals surface area (Å²) in [5.41, 5.74) is 0.554. The molecule has 1 atom stereocenters. The predicted octanol–water partition coefficient (Wildman–Crippen LogP) is 3.79. The van der Waals surface area contributed by atoms with Crippen LogP contribution in [-0.4, -0.2) is 26.3 Å². The maximum absolute atomic E-state index is 12.9. The van der Waals surface area contributed by atoms with Gasteiger partial charge in [0.1, 0.15) is 5.82 Å². The first-order chi connectivity index (χ1) is 11.1. The molecule has 1 amide bonds. The summed E-state index contributed by atoms with van der Waals surface area (Å²) in [7, 11) is 0. The molecule has 23 heavy (non-hydrogen) atoms. The van der Waals surface area contributed by atoms with Crippen molar-refractivity contribution in [1.82, 2.24) is 15.2 Å². The molecule has 0 fully saturated rings. The first-order valence-corrected chi connectivity index (χ1v) is 8.57. The summed E-state index contributed by atoms with van der Waals surface area (Å²) in [6, 6.07) is 9.53. The lowest BCUT2D eigenvalue weighted by Gasteiger charge is -2.09. The van der Waals surface area contributed by atoms with Crippen LogP contribution in [0, 0.1) is 5.82 Å². The summed E-state index contributed by atoms with van der Waals surface area (Å²) in [5.74, 6) is 0.157. The lowest BCUT2D eigenvalue weighted by atomic mass is 10.3. The van der Waals surface area contributed by atoms with Gasteiger partial charge in [-0.25, -0.2) is 9.37 Å². The quantitative estimate of drug-likeness (QED) is 0.688. The van der Waals surface area contributed by atoms with Crippen LogP contribution >= 0.6 is 23.1 Å². The second-order valence-corrected chi connectivity index (χ2v) is 6.96. The van der Waals surface area contributed by atoms with Gasteiger partial charge in [0.25, 0.3) is 0 Å². The Balaban J connectivity index is 1.61. The number of aromatic nitrogens is 3. The van der Waals surface area contributed by atoms with E-state index in [2.05, 4.69) is 20.5 Å². The Labute approximate surface area is 140 Å². The number of H-pyrrole nitrogens is 1. The fourth-order valence-corrected chi connectivity index (χ4v) is 3.20. The summed E-state index contributed by atoms with van der Waals surface area (Å²) in [6.45, 7) is 1.77. The number of amides is 1. The Morgan fingerprint density at radius 1 is 1.35 bits per heavy atom. The van der Waals surface area contributed by atoms with Crippen LogP contribution in [-0.2, 0) is 4.79 Å². The summed E-state index contributed by atoms with van der Waals surface area (Å²) in [6.07, 6.45) is 0. The number of hydrogen-bond donors (Lipinski definition) is 2. The molecule has 5 nitrogen and oxygen atoms in total. The predicted molar refractivity (Wildman–Crippen MR) is 90.0 cm³/mol. The fraction of sp³-hybridized carbons (Fsp3) is 0.133. The van der Waals surface area contributed by atoms with Gasteiger partial charge in [0.05, 0.1) is 10.1 Å². The SMILES string of the molecule is C[C@@H](Sc1n[nH]c(-c2cccs2)n1)C(=O)Nc1ccc(F)cc1. The number of anilines is 1. The topological polar surface area (TPSA) is 70.7 Å². The van der Waals surface area contributed by atoms with E-state index >= 15 is 0 Å². The van der Waals surface area contributed by atoms with E-state index in [4.69, 9.17) is 0 Å². The number of halogens is 1. The van der Waals surface area contributed by atoms with Crippen molar-refractivity contribution in [2.45, 2.75) is 17.3 Å². The fourth-order valence-electron chi connectivity index (χ4n) is 1.81. The van der Waals surface area contributed by atoms with E-state index in [1.165, 1.54) is 36.0 Å². The lowest BCUT2D eigenvalue weighted by Crippen LogP contribution is -2.22. The number of thioether (sulfide) groups is 1. The molecule has 0 saturated heterocycles. The summed E-state index contributed by atoms with van der Waals surface area (Å²) in [5, 5.41) is 11.8. The Bertz CT molecular complexity index is 786. The van der Waals surface area contributed by atoms with Gasteiger partial charge in [-0.1, -0.05) is 17.8 Å². The first kappa shape index (κ1) is 15.7. The number of rotatable bonds is 5. The number of hydrogen-bond acceptors (Lipinski definition) is 5. The van der Waals surface area contributed by atoms with Crippen LogP contribution in [0.1, 0.15) is 6.92 Å². The monoisotopic (exact) mass is 348 g/mol. The minimum atomic E-state index is -0.382. The molecule has 0 bridgehead atoms. The highest BCUT2D eigenvalue weighted by Crippen LogP contribution is 2.25. The molecule has 0 aliphatic carbocycles. The Morgan fingerprint density at radius 2 is 2.13 bits per heavy atom. The van der Waals surface area contributed by atoms with Crippen molar-refractivity contribution in [2.75, 3.05) is 5.32 Å². The van der Waals surface area contributed by atoms with Gasteiger partial charge < -0.3 is 5.32 Å². The molecule has 8 heteroatoms. The number of thiophene rings is 1. The highest BCUT2D eigenvalue weighted by molar-refractivity contribution is 8.00. The highest BCUT2D eigenvalue weighted by atomic mass is 32.2. The molecule has 118 valence electrons. The first-order valence-electron chi connectivity index (χ1n) is 6.81. The molecule has 3 aromatic rings. The third kappa shape index (κ3) is 3.96. The van der Waals surface area contributed by atoms with Crippen LogP contribution in [0.2, 0.25) is 0 Å². The van der Waals surface area contributed by atoms with Gasteiger partial charge in [-0.2, -0.15) is 0 Å². The van der Waals surface area contributed by atoms with Gasteiger partial charge in [-0.3, -0.25) is 9.89 Å². The largest absolute Gasteiger partial charge is 0.325 e. The third-order valence-electron chi connectivity index (χ3n) is 2.98.